The molecule has 0 bridgehead atoms. The molecule has 96 valence electrons. The molecule has 0 spiro atoms. The first-order valence-corrected chi connectivity index (χ1v) is 6.49. The molecule has 1 heterocycles. The van der Waals surface area contributed by atoms with E-state index in [9.17, 15) is 5.11 Å². The molecule has 1 aliphatic heterocycles. The van der Waals surface area contributed by atoms with Crippen molar-refractivity contribution in [2.75, 3.05) is 13.1 Å². The van der Waals surface area contributed by atoms with Crippen LogP contribution in [0.3, 0.4) is 0 Å². The van der Waals surface area contributed by atoms with Crippen molar-refractivity contribution < 1.29 is 5.11 Å². The van der Waals surface area contributed by atoms with Gasteiger partial charge in [0.1, 0.15) is 0 Å². The van der Waals surface area contributed by atoms with E-state index in [0.29, 0.717) is 12.1 Å². The zero-order chi connectivity index (χ0) is 12.3. The number of nitrogens with zero attached hydrogens (tertiary/aromatic N) is 1. The Hall–Kier alpha value is -0.120. The first kappa shape index (κ1) is 13.9. The maximum atomic E-state index is 9.46. The molecule has 2 atom stereocenters. The Labute approximate surface area is 100 Å². The van der Waals surface area contributed by atoms with E-state index in [-0.39, 0.29) is 11.6 Å². The molecule has 0 radical (unpaired) electrons. The van der Waals surface area contributed by atoms with Gasteiger partial charge >= 0.3 is 0 Å². The third kappa shape index (κ3) is 4.04. The van der Waals surface area contributed by atoms with Gasteiger partial charge in [0.05, 0.1) is 6.10 Å². The molecule has 2 N–H and O–H groups in total. The lowest BCUT2D eigenvalue weighted by molar-refractivity contribution is 0.0935. The van der Waals surface area contributed by atoms with E-state index < -0.39 is 0 Å². The highest BCUT2D eigenvalue weighted by Gasteiger charge is 2.27. The van der Waals surface area contributed by atoms with E-state index in [0.717, 1.165) is 25.9 Å². The van der Waals surface area contributed by atoms with Crippen molar-refractivity contribution >= 4 is 0 Å². The Kier molecular flexibility index (Phi) is 4.77. The van der Waals surface area contributed by atoms with E-state index in [1.807, 2.05) is 0 Å². The van der Waals surface area contributed by atoms with Gasteiger partial charge in [0.25, 0.3) is 0 Å². The summed E-state index contributed by atoms with van der Waals surface area (Å²) in [7, 11) is 0. The summed E-state index contributed by atoms with van der Waals surface area (Å²) < 4.78 is 0. The fourth-order valence-electron chi connectivity index (χ4n) is 2.68. The number of β-amino-alcohol motifs (C(OH)–C–C–N with tert-alkyl or cyclic N) is 1. The summed E-state index contributed by atoms with van der Waals surface area (Å²) in [6.45, 7) is 13.2. The fourth-order valence-corrected chi connectivity index (χ4v) is 2.68. The third-order valence-electron chi connectivity index (χ3n) is 3.40. The molecule has 3 nitrogen and oxygen atoms in total. The van der Waals surface area contributed by atoms with Gasteiger partial charge in [-0.3, -0.25) is 4.90 Å². The van der Waals surface area contributed by atoms with Crippen LogP contribution in [0.4, 0.5) is 0 Å². The van der Waals surface area contributed by atoms with Gasteiger partial charge in [0, 0.05) is 30.7 Å². The first-order chi connectivity index (χ1) is 7.30. The summed E-state index contributed by atoms with van der Waals surface area (Å²) in [5.41, 5.74) is 0.228. The van der Waals surface area contributed by atoms with Crippen LogP contribution in [0.25, 0.3) is 0 Å². The molecule has 1 saturated heterocycles. The van der Waals surface area contributed by atoms with Gasteiger partial charge in [-0.25, -0.2) is 0 Å². The summed E-state index contributed by atoms with van der Waals surface area (Å²) in [6, 6.07) is 1.07. The number of nitrogens with one attached hydrogen (secondary N) is 1. The van der Waals surface area contributed by atoms with Crippen LogP contribution in [0.1, 0.15) is 47.5 Å². The second-order valence-corrected chi connectivity index (χ2v) is 6.24. The van der Waals surface area contributed by atoms with Crippen molar-refractivity contribution in [2.24, 2.45) is 0 Å². The van der Waals surface area contributed by atoms with Crippen LogP contribution in [-0.2, 0) is 0 Å². The van der Waals surface area contributed by atoms with Gasteiger partial charge < -0.3 is 10.4 Å². The van der Waals surface area contributed by atoms with Gasteiger partial charge in [0.2, 0.25) is 0 Å². The van der Waals surface area contributed by atoms with E-state index >= 15 is 0 Å². The summed E-state index contributed by atoms with van der Waals surface area (Å²) in [4.78, 5) is 2.53. The SMILES string of the molecule is CC(C)N(CCC1CC(O)CN1)C(C)(C)C. The topological polar surface area (TPSA) is 35.5 Å². The van der Waals surface area contributed by atoms with Crippen molar-refractivity contribution in [3.8, 4) is 0 Å². The minimum atomic E-state index is -0.132. The van der Waals surface area contributed by atoms with Gasteiger partial charge in [0.15, 0.2) is 0 Å². The van der Waals surface area contributed by atoms with Crippen LogP contribution in [-0.4, -0.2) is 46.8 Å². The molecule has 0 amide bonds. The second kappa shape index (κ2) is 5.48. The lowest BCUT2D eigenvalue weighted by Crippen LogP contribution is -2.47. The van der Waals surface area contributed by atoms with Gasteiger partial charge in [-0.05, 0) is 47.5 Å². The van der Waals surface area contributed by atoms with Crippen LogP contribution < -0.4 is 5.32 Å². The number of aliphatic hydroxyl groups is 1. The summed E-state index contributed by atoms with van der Waals surface area (Å²) in [5.74, 6) is 0. The predicted octanol–water partition coefficient (Wildman–Crippen LogP) is 1.61. The zero-order valence-electron chi connectivity index (χ0n) is 11.5. The lowest BCUT2D eigenvalue weighted by atomic mass is 10.0. The second-order valence-electron chi connectivity index (χ2n) is 6.24. The van der Waals surface area contributed by atoms with E-state index in [1.54, 1.807) is 0 Å². The Morgan fingerprint density at radius 3 is 2.38 bits per heavy atom. The lowest BCUT2D eigenvalue weighted by Gasteiger charge is -2.39. The largest absolute Gasteiger partial charge is 0.392 e. The van der Waals surface area contributed by atoms with Crippen molar-refractivity contribution in [3.05, 3.63) is 0 Å². The maximum absolute atomic E-state index is 9.46. The Bertz CT molecular complexity index is 210. The minimum Gasteiger partial charge on any atom is -0.392 e. The fraction of sp³-hybridized carbons (Fsp3) is 1.00. The summed E-state index contributed by atoms with van der Waals surface area (Å²) in [6.07, 6.45) is 1.91. The summed E-state index contributed by atoms with van der Waals surface area (Å²) in [5, 5.41) is 12.8. The number of rotatable bonds is 4. The third-order valence-corrected chi connectivity index (χ3v) is 3.40. The highest BCUT2D eigenvalue weighted by molar-refractivity contribution is 4.85. The zero-order valence-corrected chi connectivity index (χ0v) is 11.5. The Morgan fingerprint density at radius 1 is 1.38 bits per heavy atom. The Morgan fingerprint density at radius 2 is 2.00 bits per heavy atom. The molecule has 1 aliphatic rings. The van der Waals surface area contributed by atoms with Crippen LogP contribution in [0.15, 0.2) is 0 Å². The Balaban J connectivity index is 2.39. The molecule has 16 heavy (non-hydrogen) atoms. The van der Waals surface area contributed by atoms with E-state index in [4.69, 9.17) is 0 Å². The molecule has 3 heteroatoms. The van der Waals surface area contributed by atoms with E-state index in [1.165, 1.54) is 0 Å². The first-order valence-electron chi connectivity index (χ1n) is 6.49. The van der Waals surface area contributed by atoms with Gasteiger partial charge in [-0.15, -0.1) is 0 Å². The van der Waals surface area contributed by atoms with Crippen molar-refractivity contribution in [1.82, 2.24) is 10.2 Å². The van der Waals surface area contributed by atoms with Gasteiger partial charge in [-0.2, -0.15) is 0 Å². The molecule has 0 aliphatic carbocycles. The smallest absolute Gasteiger partial charge is 0.0679 e. The molecule has 0 saturated carbocycles. The normalized spacial score (nSPS) is 27.0. The summed E-state index contributed by atoms with van der Waals surface area (Å²) >= 11 is 0. The molecule has 0 aromatic rings. The minimum absolute atomic E-state index is 0.132. The standard InChI is InChI=1S/C13H28N2O/c1-10(2)15(13(3,4)5)7-6-11-8-12(16)9-14-11/h10-12,14,16H,6-9H2,1-5H3. The number of aliphatic hydroxyl groups excluding tert-OH is 1. The van der Waals surface area contributed by atoms with Crippen LogP contribution >= 0.6 is 0 Å². The van der Waals surface area contributed by atoms with Crippen molar-refractivity contribution in [2.45, 2.75) is 71.2 Å². The molecule has 0 aromatic carbocycles. The highest BCUT2D eigenvalue weighted by Crippen LogP contribution is 2.19. The van der Waals surface area contributed by atoms with Crippen LogP contribution in [0, 0.1) is 0 Å². The number of hydrogen-bond donors (Lipinski definition) is 2. The van der Waals surface area contributed by atoms with Crippen LogP contribution in [0.2, 0.25) is 0 Å². The number of hydrogen-bond acceptors (Lipinski definition) is 3. The molecule has 0 aromatic heterocycles. The van der Waals surface area contributed by atoms with Crippen LogP contribution in [0.5, 0.6) is 0 Å². The molecular formula is C13H28N2O. The molecule has 1 rings (SSSR count). The predicted molar refractivity (Wildman–Crippen MR) is 68.6 cm³/mol. The van der Waals surface area contributed by atoms with Crippen molar-refractivity contribution in [1.29, 1.82) is 0 Å². The highest BCUT2D eigenvalue weighted by atomic mass is 16.3. The van der Waals surface area contributed by atoms with E-state index in [2.05, 4.69) is 44.8 Å². The molecule has 1 fully saturated rings. The van der Waals surface area contributed by atoms with Gasteiger partial charge in [-0.1, -0.05) is 0 Å². The maximum Gasteiger partial charge on any atom is 0.0679 e. The average molecular weight is 228 g/mol. The average Bonchev–Trinajstić information content (AvgIpc) is 2.48. The monoisotopic (exact) mass is 228 g/mol. The molecule has 2 unspecified atom stereocenters. The van der Waals surface area contributed by atoms with Crippen molar-refractivity contribution in [3.63, 3.8) is 0 Å². The quantitative estimate of drug-likeness (QED) is 0.767. The molecular weight excluding hydrogens is 200 g/mol.